The number of nitrogens with one attached hydrogen (secondary N) is 2. The second kappa shape index (κ2) is 12.3. The van der Waals surface area contributed by atoms with E-state index in [0.29, 0.717) is 11.9 Å². The van der Waals surface area contributed by atoms with Crippen molar-refractivity contribution in [1.29, 1.82) is 0 Å². The average molecular weight is 578 g/mol. The molecule has 2 aliphatic rings. The van der Waals surface area contributed by atoms with Crippen LogP contribution in [0.25, 0.3) is 22.0 Å². The predicted octanol–water partition coefficient (Wildman–Crippen LogP) is 7.93. The van der Waals surface area contributed by atoms with Crippen molar-refractivity contribution in [3.63, 3.8) is 0 Å². The first-order valence-electron chi connectivity index (χ1n) is 15.5. The minimum Gasteiger partial charge on any atom is -0.379 e. The van der Waals surface area contributed by atoms with Crippen molar-refractivity contribution < 1.29 is 9.53 Å². The summed E-state index contributed by atoms with van der Waals surface area (Å²) < 4.78 is 7.39. The molecule has 2 amide bonds. The Morgan fingerprint density at radius 2 is 1.70 bits per heavy atom. The van der Waals surface area contributed by atoms with Gasteiger partial charge in [0.25, 0.3) is 0 Å². The average Bonchev–Trinajstić information content (AvgIpc) is 3.27. The Balaban J connectivity index is 1.24. The Morgan fingerprint density at radius 3 is 2.44 bits per heavy atom. The van der Waals surface area contributed by atoms with Crippen LogP contribution in [0.1, 0.15) is 63.3 Å². The smallest absolute Gasteiger partial charge is 0.324 e. The van der Waals surface area contributed by atoms with Crippen LogP contribution in [0.15, 0.2) is 72.8 Å². The molecule has 3 aromatic carbocycles. The van der Waals surface area contributed by atoms with Crippen LogP contribution < -0.4 is 10.6 Å². The summed E-state index contributed by atoms with van der Waals surface area (Å²) >= 11 is 0. The molecule has 7 heteroatoms. The number of carbonyl (C=O) groups is 1. The maximum Gasteiger partial charge on any atom is 0.324 e. The molecule has 0 spiro atoms. The number of urea groups is 1. The van der Waals surface area contributed by atoms with Gasteiger partial charge in [-0.1, -0.05) is 74.9 Å². The summed E-state index contributed by atoms with van der Waals surface area (Å²) in [6.07, 6.45) is 6.98. The number of fused-ring (bicyclic) bond motifs is 1. The highest BCUT2D eigenvalue weighted by atomic mass is 16.5. The highest BCUT2D eigenvalue weighted by Crippen LogP contribution is 2.36. The molecule has 43 heavy (non-hydrogen) atoms. The number of amides is 2. The third-order valence-corrected chi connectivity index (χ3v) is 8.70. The van der Waals surface area contributed by atoms with Crippen molar-refractivity contribution in [2.24, 2.45) is 0 Å². The minimum absolute atomic E-state index is 0.163. The molecule has 1 saturated heterocycles. The van der Waals surface area contributed by atoms with Gasteiger partial charge in [0.2, 0.25) is 0 Å². The minimum atomic E-state index is -0.298. The van der Waals surface area contributed by atoms with Crippen LogP contribution in [0, 0.1) is 6.92 Å². The second-order valence-electron chi connectivity index (χ2n) is 12.9. The number of hydrogen-bond donors (Lipinski definition) is 2. The summed E-state index contributed by atoms with van der Waals surface area (Å²) in [5.41, 5.74) is 6.27. The highest BCUT2D eigenvalue weighted by molar-refractivity contribution is 6.08. The first-order valence-corrected chi connectivity index (χ1v) is 15.5. The van der Waals surface area contributed by atoms with Crippen molar-refractivity contribution in [3.05, 3.63) is 89.6 Å². The summed E-state index contributed by atoms with van der Waals surface area (Å²) in [6, 6.07) is 23.0. The van der Waals surface area contributed by atoms with Gasteiger partial charge in [-0.05, 0) is 67.3 Å². The van der Waals surface area contributed by atoms with Gasteiger partial charge in [0, 0.05) is 36.0 Å². The molecule has 1 atom stereocenters. The van der Waals surface area contributed by atoms with Gasteiger partial charge in [-0.2, -0.15) is 5.10 Å². The highest BCUT2D eigenvalue weighted by Gasteiger charge is 2.24. The van der Waals surface area contributed by atoms with Gasteiger partial charge in [0.05, 0.1) is 30.3 Å². The van der Waals surface area contributed by atoms with E-state index in [1.54, 1.807) is 0 Å². The molecule has 1 unspecified atom stereocenters. The number of aromatic nitrogens is 2. The second-order valence-corrected chi connectivity index (χ2v) is 12.9. The maximum atomic E-state index is 13.5. The zero-order valence-corrected chi connectivity index (χ0v) is 25.8. The number of carbonyl (C=O) groups excluding carboxylic acids is 1. The Labute approximate surface area is 254 Å². The fourth-order valence-corrected chi connectivity index (χ4v) is 6.22. The number of ether oxygens (including phenoxy) is 1. The Bertz CT molecular complexity index is 1620. The SMILES string of the molecule is Cc1ccc(-n2nc(C(C)(C)C)cc2NC(=O)Nc2ccc(C3=CCC(N4CCOCC4)CCC3)c3ccccc23)cc1. The van der Waals surface area contributed by atoms with E-state index in [4.69, 9.17) is 9.84 Å². The van der Waals surface area contributed by atoms with Crippen LogP contribution in [0.2, 0.25) is 0 Å². The molecule has 6 rings (SSSR count). The number of nitrogens with zero attached hydrogens (tertiary/aromatic N) is 3. The van der Waals surface area contributed by atoms with E-state index in [0.717, 1.165) is 67.0 Å². The lowest BCUT2D eigenvalue weighted by atomic mass is 9.92. The van der Waals surface area contributed by atoms with E-state index in [1.165, 1.54) is 29.5 Å². The lowest BCUT2D eigenvalue weighted by Crippen LogP contribution is -2.43. The van der Waals surface area contributed by atoms with Crippen molar-refractivity contribution >= 4 is 33.9 Å². The van der Waals surface area contributed by atoms with E-state index in [9.17, 15) is 4.79 Å². The molecule has 224 valence electrons. The van der Waals surface area contributed by atoms with E-state index in [2.05, 4.69) is 85.7 Å². The first-order chi connectivity index (χ1) is 20.8. The molecular formula is C36H43N5O2. The van der Waals surface area contributed by atoms with Crippen molar-refractivity contribution in [3.8, 4) is 5.69 Å². The Kier molecular flexibility index (Phi) is 8.37. The summed E-state index contributed by atoms with van der Waals surface area (Å²) in [4.78, 5) is 16.1. The third kappa shape index (κ3) is 6.53. The molecule has 1 aliphatic carbocycles. The van der Waals surface area contributed by atoms with Crippen molar-refractivity contribution in [2.45, 2.75) is 64.8 Å². The monoisotopic (exact) mass is 577 g/mol. The van der Waals surface area contributed by atoms with E-state index in [-0.39, 0.29) is 11.4 Å². The van der Waals surface area contributed by atoms with Crippen molar-refractivity contribution in [1.82, 2.24) is 14.7 Å². The maximum absolute atomic E-state index is 13.5. The number of aryl methyl sites for hydroxylation is 1. The molecule has 1 aliphatic heterocycles. The predicted molar refractivity (Wildman–Crippen MR) is 176 cm³/mol. The zero-order valence-electron chi connectivity index (χ0n) is 25.8. The van der Waals surface area contributed by atoms with Crippen molar-refractivity contribution in [2.75, 3.05) is 36.9 Å². The lowest BCUT2D eigenvalue weighted by molar-refractivity contribution is 0.0154. The lowest BCUT2D eigenvalue weighted by Gasteiger charge is -2.33. The number of anilines is 2. The van der Waals surface area contributed by atoms with Gasteiger partial charge < -0.3 is 10.1 Å². The molecule has 2 N–H and O–H groups in total. The standard InChI is InChI=1S/C36H43N5O2/c1-25-12-15-28(16-13-25)41-34(24-33(39-41)36(2,3)4)38-35(42)37-32-19-18-29(30-10-5-6-11-31(30)32)26-8-7-9-27(17-14-26)40-20-22-43-23-21-40/h5-6,10-16,18-19,24,27H,7-9,17,20-23H2,1-4H3,(H2,37,38,42). The molecule has 1 fully saturated rings. The quantitative estimate of drug-likeness (QED) is 0.253. The van der Waals surface area contributed by atoms with E-state index in [1.807, 2.05) is 35.0 Å². The van der Waals surface area contributed by atoms with Gasteiger partial charge in [0.15, 0.2) is 0 Å². The molecule has 0 saturated carbocycles. The van der Waals surface area contributed by atoms with Crippen LogP contribution in [0.3, 0.4) is 0 Å². The third-order valence-electron chi connectivity index (χ3n) is 8.70. The van der Waals surface area contributed by atoms with Gasteiger partial charge in [-0.3, -0.25) is 10.2 Å². The van der Waals surface area contributed by atoms with Crippen LogP contribution in [-0.4, -0.2) is 53.1 Å². The topological polar surface area (TPSA) is 71.4 Å². The van der Waals surface area contributed by atoms with Crippen LogP contribution in [0.5, 0.6) is 0 Å². The van der Waals surface area contributed by atoms with Crippen LogP contribution >= 0.6 is 0 Å². The molecular weight excluding hydrogens is 534 g/mol. The Morgan fingerprint density at radius 1 is 0.953 bits per heavy atom. The number of hydrogen-bond acceptors (Lipinski definition) is 4. The van der Waals surface area contributed by atoms with Gasteiger partial charge in [-0.15, -0.1) is 0 Å². The first kappa shape index (κ1) is 29.1. The zero-order chi connectivity index (χ0) is 30.0. The van der Waals surface area contributed by atoms with Crippen LogP contribution in [0.4, 0.5) is 16.3 Å². The van der Waals surface area contributed by atoms with Gasteiger partial charge in [0.1, 0.15) is 5.82 Å². The molecule has 4 aromatic rings. The fraction of sp³-hybridized carbons (Fsp3) is 0.389. The fourth-order valence-electron chi connectivity index (χ4n) is 6.22. The van der Waals surface area contributed by atoms with Gasteiger partial charge in [-0.25, -0.2) is 9.48 Å². The molecule has 0 radical (unpaired) electrons. The van der Waals surface area contributed by atoms with E-state index < -0.39 is 0 Å². The van der Waals surface area contributed by atoms with E-state index >= 15 is 0 Å². The summed E-state index contributed by atoms with van der Waals surface area (Å²) in [5.74, 6) is 0.630. The number of allylic oxidation sites excluding steroid dienone is 1. The normalized spacial score (nSPS) is 18.2. The molecule has 0 bridgehead atoms. The summed E-state index contributed by atoms with van der Waals surface area (Å²) in [7, 11) is 0. The Hall–Kier alpha value is -3.94. The van der Waals surface area contributed by atoms with Gasteiger partial charge >= 0.3 is 6.03 Å². The molecule has 1 aromatic heterocycles. The number of rotatable bonds is 5. The molecule has 2 heterocycles. The summed E-state index contributed by atoms with van der Waals surface area (Å²) in [6.45, 7) is 12.2. The number of benzene rings is 3. The summed E-state index contributed by atoms with van der Waals surface area (Å²) in [5, 5.41) is 13.3. The molecule has 7 nitrogen and oxygen atoms in total. The number of morpholine rings is 1. The van der Waals surface area contributed by atoms with Crippen LogP contribution in [-0.2, 0) is 10.2 Å². The largest absolute Gasteiger partial charge is 0.379 e.